The summed E-state index contributed by atoms with van der Waals surface area (Å²) in [7, 11) is 0. The van der Waals surface area contributed by atoms with Gasteiger partial charge in [-0.05, 0) is 61.8 Å². The maximum absolute atomic E-state index is 9.79. The Labute approximate surface area is 96.7 Å². The SMILES string of the molecule is Oc1cccc2c1CCC2CC1CCCN1. The van der Waals surface area contributed by atoms with Crippen LogP contribution in [-0.2, 0) is 6.42 Å². The molecular weight excluding hydrogens is 198 g/mol. The smallest absolute Gasteiger partial charge is 0.119 e. The van der Waals surface area contributed by atoms with Crippen molar-refractivity contribution in [1.82, 2.24) is 5.32 Å². The molecule has 16 heavy (non-hydrogen) atoms. The quantitative estimate of drug-likeness (QED) is 0.798. The van der Waals surface area contributed by atoms with Crippen LogP contribution in [0.5, 0.6) is 5.75 Å². The molecular formula is C14H19NO. The summed E-state index contributed by atoms with van der Waals surface area (Å²) in [5, 5.41) is 13.4. The first-order chi connectivity index (χ1) is 7.84. The lowest BCUT2D eigenvalue weighted by Crippen LogP contribution is -2.23. The molecule has 1 saturated heterocycles. The first-order valence-corrected chi connectivity index (χ1v) is 6.39. The molecule has 2 unspecified atom stereocenters. The highest BCUT2D eigenvalue weighted by atomic mass is 16.3. The number of hydrogen-bond donors (Lipinski definition) is 2. The molecule has 3 rings (SSSR count). The second-order valence-corrected chi connectivity index (χ2v) is 5.11. The molecule has 0 saturated carbocycles. The Morgan fingerprint density at radius 2 is 2.25 bits per heavy atom. The molecule has 1 aliphatic carbocycles. The molecule has 2 N–H and O–H groups in total. The summed E-state index contributed by atoms with van der Waals surface area (Å²) in [5.74, 6) is 1.16. The van der Waals surface area contributed by atoms with Gasteiger partial charge in [0.2, 0.25) is 0 Å². The van der Waals surface area contributed by atoms with Crippen molar-refractivity contribution in [1.29, 1.82) is 0 Å². The van der Waals surface area contributed by atoms with Crippen LogP contribution in [0.25, 0.3) is 0 Å². The van der Waals surface area contributed by atoms with E-state index in [4.69, 9.17) is 0 Å². The van der Waals surface area contributed by atoms with Gasteiger partial charge in [-0.25, -0.2) is 0 Å². The molecule has 2 atom stereocenters. The number of phenols is 1. The summed E-state index contributed by atoms with van der Waals surface area (Å²) in [6.45, 7) is 1.18. The van der Waals surface area contributed by atoms with E-state index in [1.807, 2.05) is 12.1 Å². The molecule has 86 valence electrons. The van der Waals surface area contributed by atoms with Crippen LogP contribution >= 0.6 is 0 Å². The average molecular weight is 217 g/mol. The third-order valence-electron chi connectivity index (χ3n) is 4.10. The number of rotatable bonds is 2. The highest BCUT2D eigenvalue weighted by Gasteiger charge is 2.27. The minimum atomic E-state index is 0.499. The van der Waals surface area contributed by atoms with Crippen molar-refractivity contribution in [2.45, 2.75) is 44.1 Å². The van der Waals surface area contributed by atoms with E-state index in [2.05, 4.69) is 11.4 Å². The number of hydrogen-bond acceptors (Lipinski definition) is 2. The summed E-state index contributed by atoms with van der Waals surface area (Å²) in [5.41, 5.74) is 2.60. The zero-order chi connectivity index (χ0) is 11.0. The van der Waals surface area contributed by atoms with E-state index in [-0.39, 0.29) is 0 Å². The van der Waals surface area contributed by atoms with Crippen LogP contribution in [0.4, 0.5) is 0 Å². The van der Waals surface area contributed by atoms with Gasteiger partial charge in [0.15, 0.2) is 0 Å². The van der Waals surface area contributed by atoms with Gasteiger partial charge < -0.3 is 10.4 Å². The van der Waals surface area contributed by atoms with Crippen molar-refractivity contribution < 1.29 is 5.11 Å². The zero-order valence-corrected chi connectivity index (χ0v) is 9.58. The molecule has 0 bridgehead atoms. The summed E-state index contributed by atoms with van der Waals surface area (Å²) in [6, 6.07) is 6.70. The molecule has 2 nitrogen and oxygen atoms in total. The highest BCUT2D eigenvalue weighted by molar-refractivity contribution is 5.44. The molecule has 1 heterocycles. The van der Waals surface area contributed by atoms with Crippen LogP contribution in [0.3, 0.4) is 0 Å². The standard InChI is InChI=1S/C14H19NO/c16-14-5-1-4-12-10(6-7-13(12)14)9-11-3-2-8-15-11/h1,4-5,10-11,15-16H,2-3,6-9H2. The number of fused-ring (bicyclic) bond motifs is 1. The Bertz CT molecular complexity index is 382. The van der Waals surface area contributed by atoms with Crippen LogP contribution in [-0.4, -0.2) is 17.7 Å². The van der Waals surface area contributed by atoms with E-state index in [0.29, 0.717) is 17.7 Å². The summed E-state index contributed by atoms with van der Waals surface area (Å²) >= 11 is 0. The summed E-state index contributed by atoms with van der Waals surface area (Å²) in [6.07, 6.45) is 6.16. The largest absolute Gasteiger partial charge is 0.508 e. The van der Waals surface area contributed by atoms with Crippen LogP contribution in [0, 0.1) is 0 Å². The van der Waals surface area contributed by atoms with E-state index < -0.39 is 0 Å². The lowest BCUT2D eigenvalue weighted by atomic mass is 9.93. The molecule has 1 fully saturated rings. The lowest BCUT2D eigenvalue weighted by Gasteiger charge is -2.17. The van der Waals surface area contributed by atoms with Crippen LogP contribution in [0.15, 0.2) is 18.2 Å². The van der Waals surface area contributed by atoms with Crippen molar-refractivity contribution >= 4 is 0 Å². The van der Waals surface area contributed by atoms with Gasteiger partial charge in [0.25, 0.3) is 0 Å². The van der Waals surface area contributed by atoms with E-state index in [1.54, 1.807) is 0 Å². The number of nitrogens with one attached hydrogen (secondary N) is 1. The van der Waals surface area contributed by atoms with Gasteiger partial charge in [-0.15, -0.1) is 0 Å². The topological polar surface area (TPSA) is 32.3 Å². The predicted molar refractivity (Wildman–Crippen MR) is 64.8 cm³/mol. The Morgan fingerprint density at radius 1 is 1.31 bits per heavy atom. The number of benzene rings is 1. The number of aromatic hydroxyl groups is 1. The number of phenolic OH excluding ortho intramolecular Hbond substituents is 1. The Morgan fingerprint density at radius 3 is 3.06 bits per heavy atom. The highest BCUT2D eigenvalue weighted by Crippen LogP contribution is 2.40. The fourth-order valence-corrected chi connectivity index (χ4v) is 3.27. The Hall–Kier alpha value is -1.02. The molecule has 0 radical (unpaired) electrons. The van der Waals surface area contributed by atoms with Gasteiger partial charge >= 0.3 is 0 Å². The summed E-state index contributed by atoms with van der Waals surface area (Å²) in [4.78, 5) is 0. The normalized spacial score (nSPS) is 28.2. The monoisotopic (exact) mass is 217 g/mol. The van der Waals surface area contributed by atoms with Gasteiger partial charge in [0.1, 0.15) is 5.75 Å². The molecule has 0 spiro atoms. The van der Waals surface area contributed by atoms with Crippen LogP contribution < -0.4 is 5.32 Å². The molecule has 1 aliphatic heterocycles. The van der Waals surface area contributed by atoms with Gasteiger partial charge in [-0.3, -0.25) is 0 Å². The second kappa shape index (κ2) is 4.10. The molecule has 2 heteroatoms. The minimum Gasteiger partial charge on any atom is -0.508 e. The van der Waals surface area contributed by atoms with E-state index in [1.165, 1.54) is 43.4 Å². The van der Waals surface area contributed by atoms with Crippen molar-refractivity contribution in [2.24, 2.45) is 0 Å². The molecule has 0 amide bonds. The van der Waals surface area contributed by atoms with Crippen molar-refractivity contribution in [3.8, 4) is 5.75 Å². The van der Waals surface area contributed by atoms with E-state index >= 15 is 0 Å². The van der Waals surface area contributed by atoms with Crippen molar-refractivity contribution in [3.05, 3.63) is 29.3 Å². The fraction of sp³-hybridized carbons (Fsp3) is 0.571. The van der Waals surface area contributed by atoms with Gasteiger partial charge in [-0.2, -0.15) is 0 Å². The van der Waals surface area contributed by atoms with Crippen LogP contribution in [0.2, 0.25) is 0 Å². The van der Waals surface area contributed by atoms with E-state index in [0.717, 1.165) is 6.42 Å². The third-order valence-corrected chi connectivity index (χ3v) is 4.10. The fourth-order valence-electron chi connectivity index (χ4n) is 3.27. The van der Waals surface area contributed by atoms with Crippen molar-refractivity contribution in [2.75, 3.05) is 6.54 Å². The van der Waals surface area contributed by atoms with E-state index in [9.17, 15) is 5.11 Å². The third kappa shape index (κ3) is 1.71. The maximum Gasteiger partial charge on any atom is 0.119 e. The average Bonchev–Trinajstić information content (AvgIpc) is 2.90. The maximum atomic E-state index is 9.79. The van der Waals surface area contributed by atoms with Gasteiger partial charge in [-0.1, -0.05) is 12.1 Å². The predicted octanol–water partition coefficient (Wildman–Crippen LogP) is 2.56. The molecule has 2 aliphatic rings. The Balaban J connectivity index is 1.78. The molecule has 1 aromatic carbocycles. The first-order valence-electron chi connectivity index (χ1n) is 6.39. The second-order valence-electron chi connectivity index (χ2n) is 5.11. The van der Waals surface area contributed by atoms with Crippen LogP contribution in [0.1, 0.15) is 42.7 Å². The first kappa shape index (κ1) is 10.2. The van der Waals surface area contributed by atoms with Gasteiger partial charge in [0.05, 0.1) is 0 Å². The molecule has 0 aromatic heterocycles. The van der Waals surface area contributed by atoms with Gasteiger partial charge in [0, 0.05) is 6.04 Å². The summed E-state index contributed by atoms with van der Waals surface area (Å²) < 4.78 is 0. The van der Waals surface area contributed by atoms with Crippen molar-refractivity contribution in [3.63, 3.8) is 0 Å². The Kier molecular flexibility index (Phi) is 2.60. The molecule has 1 aromatic rings. The lowest BCUT2D eigenvalue weighted by molar-refractivity contribution is 0.469. The minimum absolute atomic E-state index is 0.499. The zero-order valence-electron chi connectivity index (χ0n) is 9.58.